The van der Waals surface area contributed by atoms with Crippen LogP contribution >= 0.6 is 39.0 Å². The first-order chi connectivity index (χ1) is 10.1. The smallest absolute Gasteiger partial charge is 0.313 e. The predicted octanol–water partition coefficient (Wildman–Crippen LogP) is 3.48. The molecule has 3 rings (SSSR count). The molecule has 3 aromatic rings. The molecule has 0 aliphatic rings. The number of carboxylic acid groups (broad SMARTS) is 1. The number of fused-ring (bicyclic) bond motifs is 1. The van der Waals surface area contributed by atoms with Crippen molar-refractivity contribution in [2.45, 2.75) is 11.7 Å². The lowest BCUT2D eigenvalue weighted by molar-refractivity contribution is -0.133. The summed E-state index contributed by atoms with van der Waals surface area (Å²) in [5, 5.41) is 11.6. The Bertz CT molecular complexity index is 800. The van der Waals surface area contributed by atoms with Crippen LogP contribution in [0, 0.1) is 0 Å². The van der Waals surface area contributed by atoms with Crippen molar-refractivity contribution in [3.63, 3.8) is 0 Å². The number of thiophene rings is 1. The Morgan fingerprint density at radius 3 is 3.10 bits per heavy atom. The summed E-state index contributed by atoms with van der Waals surface area (Å²) in [7, 11) is 0. The van der Waals surface area contributed by atoms with Gasteiger partial charge in [-0.05, 0) is 34.1 Å². The number of carboxylic acids is 1. The third-order valence-corrected chi connectivity index (χ3v) is 5.37. The van der Waals surface area contributed by atoms with Crippen LogP contribution in [-0.2, 0) is 11.3 Å². The van der Waals surface area contributed by atoms with E-state index in [4.69, 9.17) is 5.11 Å². The summed E-state index contributed by atoms with van der Waals surface area (Å²) in [5.41, 5.74) is 1.55. The van der Waals surface area contributed by atoms with Gasteiger partial charge in [0.05, 0.1) is 12.3 Å². The predicted molar refractivity (Wildman–Crippen MR) is 87.0 cm³/mol. The van der Waals surface area contributed by atoms with Gasteiger partial charge >= 0.3 is 5.97 Å². The highest BCUT2D eigenvalue weighted by molar-refractivity contribution is 9.10. The van der Waals surface area contributed by atoms with Gasteiger partial charge in [0.1, 0.15) is 5.52 Å². The van der Waals surface area contributed by atoms with E-state index >= 15 is 0 Å². The van der Waals surface area contributed by atoms with E-state index in [0.29, 0.717) is 11.7 Å². The van der Waals surface area contributed by atoms with Crippen LogP contribution in [0.4, 0.5) is 0 Å². The highest BCUT2D eigenvalue weighted by atomic mass is 79.9. The average molecular weight is 384 g/mol. The molecule has 3 heterocycles. The van der Waals surface area contributed by atoms with Gasteiger partial charge in [-0.3, -0.25) is 9.36 Å². The number of nitrogens with zero attached hydrogens (tertiary/aromatic N) is 3. The fourth-order valence-corrected chi connectivity index (χ4v) is 4.07. The van der Waals surface area contributed by atoms with Crippen molar-refractivity contribution in [1.29, 1.82) is 0 Å². The lowest BCUT2D eigenvalue weighted by Crippen LogP contribution is -2.04. The molecule has 1 N–H and O–H groups in total. The fraction of sp³-hybridized carbons (Fsp3) is 0.154. The van der Waals surface area contributed by atoms with Gasteiger partial charge in [-0.15, -0.1) is 11.3 Å². The summed E-state index contributed by atoms with van der Waals surface area (Å²) in [6.07, 6.45) is 1.72. The maximum Gasteiger partial charge on any atom is 0.313 e. The molecular formula is C13H10BrN3O2S2. The van der Waals surface area contributed by atoms with E-state index in [2.05, 4.69) is 25.9 Å². The summed E-state index contributed by atoms with van der Waals surface area (Å²) >= 11 is 6.29. The van der Waals surface area contributed by atoms with Crippen LogP contribution in [0.3, 0.4) is 0 Å². The maximum absolute atomic E-state index is 10.8. The molecule has 0 radical (unpaired) electrons. The summed E-state index contributed by atoms with van der Waals surface area (Å²) in [5.74, 6) is -0.872. The van der Waals surface area contributed by atoms with E-state index in [0.717, 1.165) is 20.5 Å². The van der Waals surface area contributed by atoms with Crippen LogP contribution in [0.25, 0.3) is 11.2 Å². The molecular weight excluding hydrogens is 374 g/mol. The van der Waals surface area contributed by atoms with E-state index in [9.17, 15) is 4.79 Å². The highest BCUT2D eigenvalue weighted by Gasteiger charge is 2.14. The van der Waals surface area contributed by atoms with Gasteiger partial charge in [-0.1, -0.05) is 11.8 Å². The molecule has 0 bridgehead atoms. The molecule has 21 heavy (non-hydrogen) atoms. The normalized spacial score (nSPS) is 11.1. The number of aliphatic carboxylic acids is 1. The Balaban J connectivity index is 2.00. The van der Waals surface area contributed by atoms with E-state index < -0.39 is 5.97 Å². The fourth-order valence-electron chi connectivity index (χ4n) is 1.91. The summed E-state index contributed by atoms with van der Waals surface area (Å²) in [4.78, 5) is 20.8. The van der Waals surface area contributed by atoms with Crippen LogP contribution in [0.1, 0.15) is 4.88 Å². The number of aromatic nitrogens is 3. The van der Waals surface area contributed by atoms with Gasteiger partial charge in [-0.25, -0.2) is 9.97 Å². The number of hydrogen-bond donors (Lipinski definition) is 1. The summed E-state index contributed by atoms with van der Waals surface area (Å²) in [6.45, 7) is 0.631. The molecule has 0 aromatic carbocycles. The average Bonchev–Trinajstić information content (AvgIpc) is 3.01. The Labute approximate surface area is 137 Å². The number of pyridine rings is 1. The molecule has 0 aliphatic heterocycles. The number of halogens is 1. The summed E-state index contributed by atoms with van der Waals surface area (Å²) < 4.78 is 3.00. The Morgan fingerprint density at radius 1 is 1.52 bits per heavy atom. The zero-order valence-corrected chi connectivity index (χ0v) is 13.9. The van der Waals surface area contributed by atoms with Gasteiger partial charge in [0, 0.05) is 20.9 Å². The second-order valence-electron chi connectivity index (χ2n) is 4.24. The number of carbonyl (C=O) groups is 1. The molecule has 0 aliphatic carbocycles. The van der Waals surface area contributed by atoms with Crippen LogP contribution in [-0.4, -0.2) is 31.4 Å². The first kappa shape index (κ1) is 14.6. The number of hydrogen-bond acceptors (Lipinski definition) is 5. The Morgan fingerprint density at radius 2 is 2.38 bits per heavy atom. The second kappa shape index (κ2) is 6.17. The molecule has 0 atom stereocenters. The van der Waals surface area contributed by atoms with E-state index in [1.54, 1.807) is 17.5 Å². The Kier molecular flexibility index (Phi) is 4.27. The number of imidazole rings is 1. The van der Waals surface area contributed by atoms with Crippen molar-refractivity contribution >= 4 is 56.2 Å². The number of rotatable bonds is 5. The molecule has 0 amide bonds. The standard InChI is InChI=1S/C13H10BrN3O2S2/c14-8-4-9(20-6-8)5-17-12-10(2-1-3-15-12)16-13(17)21-7-11(18)19/h1-4,6H,5,7H2,(H,18,19). The SMILES string of the molecule is O=C(O)CSc1nc2cccnc2n1Cc1cc(Br)cs1. The quantitative estimate of drug-likeness (QED) is 0.683. The molecule has 0 saturated heterocycles. The van der Waals surface area contributed by atoms with Crippen molar-refractivity contribution in [2.75, 3.05) is 5.75 Å². The molecule has 0 unspecified atom stereocenters. The van der Waals surface area contributed by atoms with E-state index in [1.165, 1.54) is 11.8 Å². The highest BCUT2D eigenvalue weighted by Crippen LogP contribution is 2.26. The van der Waals surface area contributed by atoms with Crippen molar-refractivity contribution in [3.8, 4) is 0 Å². The van der Waals surface area contributed by atoms with Gasteiger partial charge < -0.3 is 5.11 Å². The van der Waals surface area contributed by atoms with Crippen LogP contribution in [0.2, 0.25) is 0 Å². The van der Waals surface area contributed by atoms with Crippen molar-refractivity contribution in [3.05, 3.63) is 39.1 Å². The van der Waals surface area contributed by atoms with E-state index in [-0.39, 0.29) is 5.75 Å². The number of thioether (sulfide) groups is 1. The van der Waals surface area contributed by atoms with Crippen LogP contribution in [0.15, 0.2) is 39.4 Å². The minimum absolute atomic E-state index is 0.0164. The zero-order valence-electron chi connectivity index (χ0n) is 10.7. The first-order valence-electron chi connectivity index (χ1n) is 6.02. The molecule has 8 heteroatoms. The topological polar surface area (TPSA) is 68.0 Å². The lowest BCUT2D eigenvalue weighted by Gasteiger charge is -2.05. The molecule has 0 saturated carbocycles. The van der Waals surface area contributed by atoms with Crippen LogP contribution < -0.4 is 0 Å². The van der Waals surface area contributed by atoms with E-state index in [1.807, 2.05) is 28.1 Å². The van der Waals surface area contributed by atoms with Crippen LogP contribution in [0.5, 0.6) is 0 Å². The lowest BCUT2D eigenvalue weighted by atomic mass is 10.4. The molecule has 5 nitrogen and oxygen atoms in total. The molecule has 0 fully saturated rings. The minimum atomic E-state index is -0.856. The largest absolute Gasteiger partial charge is 0.481 e. The third kappa shape index (κ3) is 3.28. The summed E-state index contributed by atoms with van der Waals surface area (Å²) in [6, 6.07) is 5.76. The van der Waals surface area contributed by atoms with Gasteiger partial charge in [-0.2, -0.15) is 0 Å². The van der Waals surface area contributed by atoms with Crippen molar-refractivity contribution < 1.29 is 9.90 Å². The second-order valence-corrected chi connectivity index (χ2v) is 7.09. The van der Waals surface area contributed by atoms with Crippen molar-refractivity contribution in [1.82, 2.24) is 14.5 Å². The monoisotopic (exact) mass is 383 g/mol. The maximum atomic E-state index is 10.8. The molecule has 0 spiro atoms. The molecule has 108 valence electrons. The zero-order chi connectivity index (χ0) is 14.8. The molecule has 3 aromatic heterocycles. The van der Waals surface area contributed by atoms with Gasteiger partial charge in [0.25, 0.3) is 0 Å². The first-order valence-corrected chi connectivity index (χ1v) is 8.68. The van der Waals surface area contributed by atoms with Crippen molar-refractivity contribution in [2.24, 2.45) is 0 Å². The minimum Gasteiger partial charge on any atom is -0.481 e. The Hall–Kier alpha value is -1.38. The van der Waals surface area contributed by atoms with Gasteiger partial charge in [0.15, 0.2) is 10.8 Å². The third-order valence-electron chi connectivity index (χ3n) is 2.73. The van der Waals surface area contributed by atoms with Gasteiger partial charge in [0.2, 0.25) is 0 Å².